The Kier molecular flexibility index (Phi) is 9.65. The van der Waals surface area contributed by atoms with E-state index < -0.39 is 5.41 Å². The van der Waals surface area contributed by atoms with Gasteiger partial charge in [0.25, 0.3) is 0 Å². The van der Waals surface area contributed by atoms with Crippen LogP contribution in [0.1, 0.15) is 39.5 Å². The van der Waals surface area contributed by atoms with Crippen molar-refractivity contribution in [2.24, 2.45) is 17.1 Å². The van der Waals surface area contributed by atoms with E-state index in [2.05, 4.69) is 15.2 Å². The molecule has 0 bridgehead atoms. The van der Waals surface area contributed by atoms with Gasteiger partial charge in [0.05, 0.1) is 17.3 Å². The van der Waals surface area contributed by atoms with E-state index in [0.29, 0.717) is 31.0 Å². The molecular weight excluding hydrogens is 413 g/mol. The summed E-state index contributed by atoms with van der Waals surface area (Å²) in [6, 6.07) is 3.81. The van der Waals surface area contributed by atoms with Crippen molar-refractivity contribution in [3.63, 3.8) is 0 Å². The maximum atomic E-state index is 12.6. The summed E-state index contributed by atoms with van der Waals surface area (Å²) in [5.41, 5.74) is 6.01. The van der Waals surface area contributed by atoms with Gasteiger partial charge in [0.15, 0.2) is 0 Å². The first-order valence-electron chi connectivity index (χ1n) is 10.0. The third kappa shape index (κ3) is 5.74. The Balaban J connectivity index is 0.00000210. The van der Waals surface area contributed by atoms with E-state index in [0.717, 1.165) is 44.8 Å². The Bertz CT molecular complexity index is 662. The van der Waals surface area contributed by atoms with Gasteiger partial charge in [0.1, 0.15) is 5.82 Å². The summed E-state index contributed by atoms with van der Waals surface area (Å²) in [4.78, 5) is 33.4. The lowest BCUT2D eigenvalue weighted by atomic mass is 9.81. The van der Waals surface area contributed by atoms with Gasteiger partial charge in [-0.15, -0.1) is 24.8 Å². The number of carbonyl (C=O) groups is 2. The van der Waals surface area contributed by atoms with Crippen LogP contribution in [-0.2, 0) is 9.59 Å². The summed E-state index contributed by atoms with van der Waals surface area (Å²) in [6.07, 6.45) is 5.22. The molecule has 164 valence electrons. The lowest BCUT2D eigenvalue weighted by Gasteiger charge is -2.35. The summed E-state index contributed by atoms with van der Waals surface area (Å²) in [5, 5.41) is 2.95. The number of rotatable bonds is 7. The van der Waals surface area contributed by atoms with E-state index in [1.165, 1.54) is 0 Å². The molecule has 1 saturated carbocycles. The highest BCUT2D eigenvalue weighted by atomic mass is 35.5. The number of aromatic nitrogens is 1. The largest absolute Gasteiger partial charge is 0.353 e. The van der Waals surface area contributed by atoms with Crippen LogP contribution < -0.4 is 16.0 Å². The number of nitrogens with one attached hydrogen (secondary N) is 1. The standard InChI is InChI=1S/C20H31N5O2.2ClH/c1-3-20(4-2,14-21)19(27)23-16-7-8-17(22-13-16)24-9-11-25(12-10-24)18(26)15-5-6-15;;/h7-8,13,15H,3-6,9-12,14,21H2,1-2H3,(H,23,27);2*1H. The number of nitrogens with two attached hydrogens (primary N) is 1. The van der Waals surface area contributed by atoms with Gasteiger partial charge in [0.2, 0.25) is 11.8 Å². The summed E-state index contributed by atoms with van der Waals surface area (Å²) < 4.78 is 0. The smallest absolute Gasteiger partial charge is 0.231 e. The van der Waals surface area contributed by atoms with Crippen molar-refractivity contribution in [1.82, 2.24) is 9.88 Å². The fourth-order valence-electron chi connectivity index (χ4n) is 3.61. The average Bonchev–Trinajstić information content (AvgIpc) is 3.55. The molecular formula is C20H33Cl2N5O2. The normalized spacial score (nSPS) is 16.5. The molecule has 0 aromatic carbocycles. The molecule has 1 saturated heterocycles. The molecule has 29 heavy (non-hydrogen) atoms. The topological polar surface area (TPSA) is 91.6 Å². The molecule has 0 radical (unpaired) electrons. The highest BCUT2D eigenvalue weighted by Gasteiger charge is 2.35. The SMILES string of the molecule is CCC(CC)(CN)C(=O)Nc1ccc(N2CCN(C(=O)C3CC3)CC2)nc1.Cl.Cl. The number of halogens is 2. The van der Waals surface area contributed by atoms with E-state index in [1.807, 2.05) is 30.9 Å². The Hall–Kier alpha value is -1.57. The second kappa shape index (κ2) is 11.0. The molecule has 2 amide bonds. The van der Waals surface area contributed by atoms with Gasteiger partial charge in [-0.05, 0) is 37.8 Å². The van der Waals surface area contributed by atoms with Gasteiger partial charge in [-0.1, -0.05) is 13.8 Å². The van der Waals surface area contributed by atoms with Crippen molar-refractivity contribution in [3.8, 4) is 0 Å². The van der Waals surface area contributed by atoms with E-state index in [9.17, 15) is 9.59 Å². The zero-order valence-electron chi connectivity index (χ0n) is 17.2. The summed E-state index contributed by atoms with van der Waals surface area (Å²) >= 11 is 0. The Labute approximate surface area is 185 Å². The molecule has 0 unspecified atom stereocenters. The van der Waals surface area contributed by atoms with Crippen LogP contribution in [0.15, 0.2) is 18.3 Å². The molecule has 2 fully saturated rings. The molecule has 1 aliphatic carbocycles. The van der Waals surface area contributed by atoms with Crippen molar-refractivity contribution in [3.05, 3.63) is 18.3 Å². The molecule has 7 nitrogen and oxygen atoms in total. The fraction of sp³-hybridized carbons (Fsp3) is 0.650. The quantitative estimate of drug-likeness (QED) is 0.672. The number of amides is 2. The van der Waals surface area contributed by atoms with Gasteiger partial charge in [-0.25, -0.2) is 4.98 Å². The second-order valence-corrected chi connectivity index (χ2v) is 7.64. The number of nitrogens with zero attached hydrogens (tertiary/aromatic N) is 3. The first-order valence-corrected chi connectivity index (χ1v) is 10.0. The number of anilines is 2. The van der Waals surface area contributed by atoms with Crippen LogP contribution in [0.5, 0.6) is 0 Å². The summed E-state index contributed by atoms with van der Waals surface area (Å²) in [6.45, 7) is 7.40. The Morgan fingerprint density at radius 2 is 1.76 bits per heavy atom. The molecule has 1 aliphatic heterocycles. The van der Waals surface area contributed by atoms with E-state index >= 15 is 0 Å². The lowest BCUT2D eigenvalue weighted by molar-refractivity contribution is -0.132. The third-order valence-electron chi connectivity index (χ3n) is 6.07. The number of hydrogen-bond donors (Lipinski definition) is 2. The summed E-state index contributed by atoms with van der Waals surface area (Å²) in [5.74, 6) is 1.43. The molecule has 1 aromatic rings. The van der Waals surface area contributed by atoms with Crippen molar-refractivity contribution >= 4 is 48.1 Å². The number of pyridine rings is 1. The van der Waals surface area contributed by atoms with Crippen LogP contribution in [0.2, 0.25) is 0 Å². The number of piperazine rings is 1. The van der Waals surface area contributed by atoms with Gasteiger partial charge in [-0.3, -0.25) is 9.59 Å². The van der Waals surface area contributed by atoms with Crippen molar-refractivity contribution in [2.75, 3.05) is 42.9 Å². The molecule has 3 rings (SSSR count). The van der Waals surface area contributed by atoms with E-state index in [4.69, 9.17) is 5.73 Å². The van der Waals surface area contributed by atoms with E-state index in [1.54, 1.807) is 6.20 Å². The monoisotopic (exact) mass is 445 g/mol. The van der Waals surface area contributed by atoms with Crippen molar-refractivity contribution in [1.29, 1.82) is 0 Å². The predicted octanol–water partition coefficient (Wildman–Crippen LogP) is 2.69. The summed E-state index contributed by atoms with van der Waals surface area (Å²) in [7, 11) is 0. The van der Waals surface area contributed by atoms with Gasteiger partial charge >= 0.3 is 0 Å². The van der Waals surface area contributed by atoms with Crippen molar-refractivity contribution < 1.29 is 9.59 Å². The van der Waals surface area contributed by atoms with Crippen LogP contribution in [-0.4, -0.2) is 54.4 Å². The zero-order chi connectivity index (χ0) is 19.4. The first-order chi connectivity index (χ1) is 13.0. The minimum atomic E-state index is -0.525. The van der Waals surface area contributed by atoms with Crippen LogP contribution in [0, 0.1) is 11.3 Å². The molecule has 2 aliphatic rings. The zero-order valence-corrected chi connectivity index (χ0v) is 18.9. The minimum absolute atomic E-state index is 0. The molecule has 0 spiro atoms. The molecule has 2 heterocycles. The Morgan fingerprint density at radius 3 is 2.21 bits per heavy atom. The highest BCUT2D eigenvalue weighted by molar-refractivity contribution is 5.95. The number of carbonyl (C=O) groups excluding carboxylic acids is 2. The molecule has 1 aromatic heterocycles. The highest BCUT2D eigenvalue weighted by Crippen LogP contribution is 2.31. The Morgan fingerprint density at radius 1 is 1.14 bits per heavy atom. The van der Waals surface area contributed by atoms with Crippen LogP contribution in [0.3, 0.4) is 0 Å². The average molecular weight is 446 g/mol. The second-order valence-electron chi connectivity index (χ2n) is 7.64. The van der Waals surface area contributed by atoms with Crippen LogP contribution in [0.4, 0.5) is 11.5 Å². The maximum Gasteiger partial charge on any atom is 0.231 e. The van der Waals surface area contributed by atoms with Gasteiger partial charge in [-0.2, -0.15) is 0 Å². The van der Waals surface area contributed by atoms with Crippen molar-refractivity contribution in [2.45, 2.75) is 39.5 Å². The first kappa shape index (κ1) is 25.5. The van der Waals surface area contributed by atoms with Crippen LogP contribution in [0.25, 0.3) is 0 Å². The molecule has 3 N–H and O–H groups in total. The predicted molar refractivity (Wildman–Crippen MR) is 121 cm³/mol. The van der Waals surface area contributed by atoms with Crippen LogP contribution >= 0.6 is 24.8 Å². The minimum Gasteiger partial charge on any atom is -0.353 e. The van der Waals surface area contributed by atoms with E-state index in [-0.39, 0.29) is 36.6 Å². The van der Waals surface area contributed by atoms with Gasteiger partial charge in [0, 0.05) is 38.6 Å². The third-order valence-corrected chi connectivity index (χ3v) is 6.07. The number of hydrogen-bond acceptors (Lipinski definition) is 5. The maximum absolute atomic E-state index is 12.6. The van der Waals surface area contributed by atoms with Gasteiger partial charge < -0.3 is 20.9 Å². The lowest BCUT2D eigenvalue weighted by Crippen LogP contribution is -2.49. The molecule has 0 atom stereocenters. The fourth-order valence-corrected chi connectivity index (χ4v) is 3.61. The molecule has 9 heteroatoms.